The van der Waals surface area contributed by atoms with Crippen molar-refractivity contribution in [3.05, 3.63) is 65.7 Å². The van der Waals surface area contributed by atoms with Gasteiger partial charge >= 0.3 is 0 Å². The molecule has 0 aliphatic carbocycles. The van der Waals surface area contributed by atoms with E-state index in [1.165, 1.54) is 28.6 Å². The Kier molecular flexibility index (Phi) is 8.71. The van der Waals surface area contributed by atoms with E-state index in [1.54, 1.807) is 44.2 Å². The zero-order chi connectivity index (χ0) is 22.9. The molecule has 31 heavy (non-hydrogen) atoms. The molecule has 2 aromatic carbocycles. The number of sulfonamides is 1. The highest BCUT2D eigenvalue weighted by molar-refractivity contribution is 7.89. The maximum absolute atomic E-state index is 12.6. The molecular formula is C21H26N4O5S. The molecule has 0 spiro atoms. The van der Waals surface area contributed by atoms with Gasteiger partial charge in [0.1, 0.15) is 0 Å². The van der Waals surface area contributed by atoms with Crippen LogP contribution < -0.4 is 16.2 Å². The number of carbonyl (C=O) groups is 3. The van der Waals surface area contributed by atoms with E-state index in [-0.39, 0.29) is 29.3 Å². The Morgan fingerprint density at radius 1 is 0.839 bits per heavy atom. The average Bonchev–Trinajstić information content (AvgIpc) is 2.78. The van der Waals surface area contributed by atoms with E-state index < -0.39 is 21.8 Å². The number of amides is 3. The number of nitrogens with zero attached hydrogens (tertiary/aromatic N) is 1. The summed E-state index contributed by atoms with van der Waals surface area (Å²) in [6.07, 6.45) is -0.0464. The second-order valence-electron chi connectivity index (χ2n) is 6.49. The molecular weight excluding hydrogens is 420 g/mol. The molecule has 0 fully saturated rings. The van der Waals surface area contributed by atoms with Gasteiger partial charge in [0.25, 0.3) is 11.8 Å². The fourth-order valence-corrected chi connectivity index (χ4v) is 4.26. The lowest BCUT2D eigenvalue weighted by atomic mass is 10.2. The number of hydrogen-bond acceptors (Lipinski definition) is 5. The number of hydrogen-bond donors (Lipinski definition) is 3. The van der Waals surface area contributed by atoms with Crippen molar-refractivity contribution in [2.45, 2.75) is 25.2 Å². The van der Waals surface area contributed by atoms with Gasteiger partial charge in [-0.05, 0) is 30.3 Å². The van der Waals surface area contributed by atoms with Gasteiger partial charge in [-0.1, -0.05) is 38.1 Å². The Hall–Kier alpha value is -3.24. The molecule has 0 heterocycles. The second kappa shape index (κ2) is 11.2. The van der Waals surface area contributed by atoms with Gasteiger partial charge in [0.15, 0.2) is 0 Å². The van der Waals surface area contributed by atoms with Crippen LogP contribution in [0.2, 0.25) is 0 Å². The lowest BCUT2D eigenvalue weighted by molar-refractivity contribution is -0.121. The van der Waals surface area contributed by atoms with Crippen LogP contribution in [-0.2, 0) is 14.8 Å². The molecule has 0 aliphatic heterocycles. The Labute approximate surface area is 181 Å². The highest BCUT2D eigenvalue weighted by Gasteiger charge is 2.22. The SMILES string of the molecule is CCN(CC)S(=O)(=O)c1cccc(C(=O)NNC(=O)CCNC(=O)c2ccccc2)c1. The van der Waals surface area contributed by atoms with Gasteiger partial charge in [-0.2, -0.15) is 4.31 Å². The van der Waals surface area contributed by atoms with Crippen molar-refractivity contribution in [2.75, 3.05) is 19.6 Å². The van der Waals surface area contributed by atoms with Gasteiger partial charge in [0, 0.05) is 37.2 Å². The standard InChI is InChI=1S/C21H26N4O5S/c1-3-25(4-2)31(29,30)18-12-8-11-17(15-18)21(28)24-23-19(26)13-14-22-20(27)16-9-6-5-7-10-16/h5-12,15H,3-4,13-14H2,1-2H3,(H,22,27)(H,23,26)(H,24,28). The zero-order valence-corrected chi connectivity index (χ0v) is 18.2. The summed E-state index contributed by atoms with van der Waals surface area (Å²) < 4.78 is 26.5. The van der Waals surface area contributed by atoms with Crippen molar-refractivity contribution in [3.63, 3.8) is 0 Å². The molecule has 166 valence electrons. The lowest BCUT2D eigenvalue weighted by Gasteiger charge is -2.18. The van der Waals surface area contributed by atoms with Crippen molar-refractivity contribution in [2.24, 2.45) is 0 Å². The first-order valence-corrected chi connectivity index (χ1v) is 11.3. The third-order valence-electron chi connectivity index (χ3n) is 4.43. The number of nitrogens with one attached hydrogen (secondary N) is 3. The van der Waals surface area contributed by atoms with Crippen LogP contribution in [0.4, 0.5) is 0 Å². The summed E-state index contributed by atoms with van der Waals surface area (Å²) in [6.45, 7) is 4.18. The summed E-state index contributed by atoms with van der Waals surface area (Å²) in [6, 6.07) is 14.2. The van der Waals surface area contributed by atoms with Gasteiger partial charge in [-0.25, -0.2) is 8.42 Å². The molecule has 0 atom stereocenters. The number of benzene rings is 2. The number of rotatable bonds is 9. The minimum Gasteiger partial charge on any atom is -0.352 e. The van der Waals surface area contributed by atoms with E-state index in [4.69, 9.17) is 0 Å². The maximum Gasteiger partial charge on any atom is 0.269 e. The molecule has 0 saturated heterocycles. The molecule has 2 aromatic rings. The fourth-order valence-electron chi connectivity index (χ4n) is 2.75. The average molecular weight is 447 g/mol. The van der Waals surface area contributed by atoms with E-state index in [0.717, 1.165) is 0 Å². The first-order valence-electron chi connectivity index (χ1n) is 9.82. The van der Waals surface area contributed by atoms with E-state index in [0.29, 0.717) is 18.7 Å². The molecule has 0 unspecified atom stereocenters. The fraction of sp³-hybridized carbons (Fsp3) is 0.286. The van der Waals surface area contributed by atoms with E-state index in [9.17, 15) is 22.8 Å². The van der Waals surface area contributed by atoms with Gasteiger partial charge in [-0.15, -0.1) is 0 Å². The summed E-state index contributed by atoms with van der Waals surface area (Å²) in [7, 11) is -3.71. The highest BCUT2D eigenvalue weighted by Crippen LogP contribution is 2.16. The Bertz CT molecular complexity index is 1020. The van der Waals surface area contributed by atoms with Crippen LogP contribution in [0, 0.1) is 0 Å². The van der Waals surface area contributed by atoms with Gasteiger partial charge < -0.3 is 5.32 Å². The van der Waals surface area contributed by atoms with Crippen LogP contribution in [0.3, 0.4) is 0 Å². The minimum absolute atomic E-state index is 0.00111. The predicted octanol–water partition coefficient (Wildman–Crippen LogP) is 1.30. The summed E-state index contributed by atoms with van der Waals surface area (Å²) in [4.78, 5) is 36.1. The maximum atomic E-state index is 12.6. The minimum atomic E-state index is -3.71. The summed E-state index contributed by atoms with van der Waals surface area (Å²) in [5.74, 6) is -1.46. The third kappa shape index (κ3) is 6.63. The molecule has 3 N–H and O–H groups in total. The first-order chi connectivity index (χ1) is 14.8. The molecule has 0 saturated carbocycles. The van der Waals surface area contributed by atoms with Crippen LogP contribution >= 0.6 is 0 Å². The van der Waals surface area contributed by atoms with Gasteiger partial charge in [0.05, 0.1) is 4.90 Å². The number of carbonyl (C=O) groups excluding carboxylic acids is 3. The molecule has 3 amide bonds. The molecule has 10 heteroatoms. The van der Waals surface area contributed by atoms with Crippen molar-refractivity contribution in [1.82, 2.24) is 20.5 Å². The van der Waals surface area contributed by atoms with Crippen molar-refractivity contribution in [3.8, 4) is 0 Å². The Morgan fingerprint density at radius 2 is 1.48 bits per heavy atom. The molecule has 0 bridgehead atoms. The second-order valence-corrected chi connectivity index (χ2v) is 8.43. The topological polar surface area (TPSA) is 125 Å². The van der Waals surface area contributed by atoms with Crippen molar-refractivity contribution in [1.29, 1.82) is 0 Å². The van der Waals surface area contributed by atoms with Crippen molar-refractivity contribution >= 4 is 27.7 Å². The van der Waals surface area contributed by atoms with Crippen LogP contribution in [0.15, 0.2) is 59.5 Å². The van der Waals surface area contributed by atoms with Crippen LogP contribution in [-0.4, -0.2) is 50.1 Å². The van der Waals surface area contributed by atoms with Crippen LogP contribution in [0.25, 0.3) is 0 Å². The molecule has 0 radical (unpaired) electrons. The monoisotopic (exact) mass is 446 g/mol. The molecule has 2 rings (SSSR count). The van der Waals surface area contributed by atoms with E-state index in [1.807, 2.05) is 0 Å². The zero-order valence-electron chi connectivity index (χ0n) is 17.4. The number of hydrazine groups is 1. The smallest absolute Gasteiger partial charge is 0.269 e. The van der Waals surface area contributed by atoms with Crippen molar-refractivity contribution < 1.29 is 22.8 Å². The van der Waals surface area contributed by atoms with E-state index in [2.05, 4.69) is 16.2 Å². The van der Waals surface area contributed by atoms with Gasteiger partial charge in [0.2, 0.25) is 15.9 Å². The predicted molar refractivity (Wildman–Crippen MR) is 116 cm³/mol. The third-order valence-corrected chi connectivity index (χ3v) is 6.47. The largest absolute Gasteiger partial charge is 0.352 e. The summed E-state index contributed by atoms with van der Waals surface area (Å²) in [5, 5.41) is 2.61. The lowest BCUT2D eigenvalue weighted by Crippen LogP contribution is -2.42. The van der Waals surface area contributed by atoms with E-state index >= 15 is 0 Å². The Balaban J connectivity index is 1.87. The summed E-state index contributed by atoms with van der Waals surface area (Å²) >= 11 is 0. The Morgan fingerprint density at radius 3 is 2.13 bits per heavy atom. The first kappa shape index (κ1) is 24.0. The van der Waals surface area contributed by atoms with Crippen LogP contribution in [0.1, 0.15) is 41.0 Å². The molecule has 9 nitrogen and oxygen atoms in total. The normalized spacial score (nSPS) is 11.1. The quantitative estimate of drug-likeness (QED) is 0.501. The highest BCUT2D eigenvalue weighted by atomic mass is 32.2. The van der Waals surface area contributed by atoms with Crippen LogP contribution in [0.5, 0.6) is 0 Å². The van der Waals surface area contributed by atoms with Gasteiger partial charge in [-0.3, -0.25) is 25.2 Å². The summed E-state index contributed by atoms with van der Waals surface area (Å²) in [5.41, 5.74) is 5.06. The molecule has 0 aromatic heterocycles. The molecule has 0 aliphatic rings.